The van der Waals surface area contributed by atoms with Crippen LogP contribution in [-0.4, -0.2) is 14.2 Å². The molecule has 0 saturated heterocycles. The van der Waals surface area contributed by atoms with E-state index in [2.05, 4.69) is 0 Å². The van der Waals surface area contributed by atoms with Crippen molar-refractivity contribution in [1.29, 1.82) is 0 Å². The number of halogens is 2. The molecule has 0 atom stereocenters. The van der Waals surface area contributed by atoms with E-state index < -0.39 is 0 Å². The van der Waals surface area contributed by atoms with Crippen LogP contribution >= 0.6 is 23.2 Å². The summed E-state index contributed by atoms with van der Waals surface area (Å²) in [5.74, 6) is 1.52. The maximum absolute atomic E-state index is 6.07. The first kappa shape index (κ1) is 17.7. The van der Waals surface area contributed by atoms with Gasteiger partial charge in [0.1, 0.15) is 11.5 Å². The summed E-state index contributed by atoms with van der Waals surface area (Å²) in [4.78, 5) is 0. The molecule has 0 aromatic heterocycles. The summed E-state index contributed by atoms with van der Waals surface area (Å²) in [6, 6.07) is 21.6. The average molecular weight is 373 g/mol. The Kier molecular flexibility index (Phi) is 5.52. The number of rotatable bonds is 5. The van der Waals surface area contributed by atoms with Crippen LogP contribution in [0.5, 0.6) is 11.5 Å². The number of methoxy groups -OCH3 is 2. The third-order valence-electron chi connectivity index (χ3n) is 4.16. The van der Waals surface area contributed by atoms with Crippen LogP contribution < -0.4 is 9.47 Å². The van der Waals surface area contributed by atoms with Gasteiger partial charge in [0.15, 0.2) is 0 Å². The SMILES string of the molecule is COc1ccc(C(c2ccc(Cl)cc2)c2ccc(Cl)cc2)c(OC)c1. The van der Waals surface area contributed by atoms with Crippen LogP contribution in [0.15, 0.2) is 66.7 Å². The molecular formula is C21H18Cl2O2. The highest BCUT2D eigenvalue weighted by molar-refractivity contribution is 6.30. The van der Waals surface area contributed by atoms with Crippen LogP contribution in [0, 0.1) is 0 Å². The van der Waals surface area contributed by atoms with Crippen molar-refractivity contribution in [2.24, 2.45) is 0 Å². The smallest absolute Gasteiger partial charge is 0.126 e. The quantitative estimate of drug-likeness (QED) is 0.497. The van der Waals surface area contributed by atoms with Crippen molar-refractivity contribution < 1.29 is 9.47 Å². The standard InChI is InChI=1S/C21H18Cl2O2/c1-24-18-11-12-19(20(13-18)25-2)21(14-3-7-16(22)8-4-14)15-5-9-17(23)10-6-15/h3-13,21H,1-2H3. The third-order valence-corrected chi connectivity index (χ3v) is 4.66. The molecule has 25 heavy (non-hydrogen) atoms. The molecule has 0 unspecified atom stereocenters. The maximum atomic E-state index is 6.07. The summed E-state index contributed by atoms with van der Waals surface area (Å²) >= 11 is 12.1. The highest BCUT2D eigenvalue weighted by atomic mass is 35.5. The van der Waals surface area contributed by atoms with Gasteiger partial charge in [-0.2, -0.15) is 0 Å². The largest absolute Gasteiger partial charge is 0.497 e. The van der Waals surface area contributed by atoms with Crippen molar-refractivity contribution in [2.45, 2.75) is 5.92 Å². The lowest BCUT2D eigenvalue weighted by Crippen LogP contribution is -2.05. The second kappa shape index (κ2) is 7.81. The van der Waals surface area contributed by atoms with Crippen LogP contribution in [0.1, 0.15) is 22.6 Å². The van der Waals surface area contributed by atoms with Gasteiger partial charge in [-0.3, -0.25) is 0 Å². The number of ether oxygens (including phenoxy) is 2. The van der Waals surface area contributed by atoms with Gasteiger partial charge in [0.2, 0.25) is 0 Å². The lowest BCUT2D eigenvalue weighted by molar-refractivity contribution is 0.390. The molecule has 0 amide bonds. The first-order valence-corrected chi connectivity index (χ1v) is 8.61. The molecule has 128 valence electrons. The minimum Gasteiger partial charge on any atom is -0.497 e. The second-order valence-corrected chi connectivity index (χ2v) is 6.52. The predicted octanol–water partition coefficient (Wildman–Crippen LogP) is 6.19. The molecule has 4 heteroatoms. The molecule has 2 nitrogen and oxygen atoms in total. The predicted molar refractivity (Wildman–Crippen MR) is 103 cm³/mol. The lowest BCUT2D eigenvalue weighted by Gasteiger charge is -2.22. The Balaban J connectivity index is 2.17. The van der Waals surface area contributed by atoms with E-state index in [1.54, 1.807) is 14.2 Å². The normalized spacial score (nSPS) is 10.8. The van der Waals surface area contributed by atoms with Gasteiger partial charge < -0.3 is 9.47 Å². The fraction of sp³-hybridized carbons (Fsp3) is 0.143. The van der Waals surface area contributed by atoms with Crippen molar-refractivity contribution in [3.05, 3.63) is 93.5 Å². The summed E-state index contributed by atoms with van der Waals surface area (Å²) in [7, 11) is 3.31. The first-order valence-electron chi connectivity index (χ1n) is 7.85. The van der Waals surface area contributed by atoms with Crippen molar-refractivity contribution >= 4 is 23.2 Å². The van der Waals surface area contributed by atoms with Crippen LogP contribution in [-0.2, 0) is 0 Å². The van der Waals surface area contributed by atoms with E-state index in [0.29, 0.717) is 10.0 Å². The lowest BCUT2D eigenvalue weighted by atomic mass is 9.84. The van der Waals surface area contributed by atoms with Gasteiger partial charge in [0.25, 0.3) is 0 Å². The molecule has 0 aliphatic rings. The van der Waals surface area contributed by atoms with Crippen molar-refractivity contribution in [3.8, 4) is 11.5 Å². The Hall–Kier alpha value is -2.16. The Bertz CT molecular complexity index is 797. The molecule has 3 aromatic carbocycles. The highest BCUT2D eigenvalue weighted by Crippen LogP contribution is 2.39. The molecular weight excluding hydrogens is 355 g/mol. The van der Waals surface area contributed by atoms with Gasteiger partial charge in [-0.25, -0.2) is 0 Å². The first-order chi connectivity index (χ1) is 12.1. The molecule has 3 rings (SSSR count). The summed E-state index contributed by atoms with van der Waals surface area (Å²) in [6.07, 6.45) is 0. The van der Waals surface area contributed by atoms with E-state index in [1.807, 2.05) is 66.7 Å². The zero-order valence-corrected chi connectivity index (χ0v) is 15.5. The van der Waals surface area contributed by atoms with Gasteiger partial charge in [-0.15, -0.1) is 0 Å². The Labute approximate surface area is 157 Å². The fourth-order valence-corrected chi connectivity index (χ4v) is 3.17. The molecule has 0 heterocycles. The molecule has 0 radical (unpaired) electrons. The topological polar surface area (TPSA) is 18.5 Å². The summed E-state index contributed by atoms with van der Waals surface area (Å²) in [6.45, 7) is 0. The van der Waals surface area contributed by atoms with E-state index in [-0.39, 0.29) is 5.92 Å². The monoisotopic (exact) mass is 372 g/mol. The van der Waals surface area contributed by atoms with Crippen LogP contribution in [0.2, 0.25) is 10.0 Å². The maximum Gasteiger partial charge on any atom is 0.126 e. The molecule has 0 N–H and O–H groups in total. The van der Waals surface area contributed by atoms with Gasteiger partial charge >= 0.3 is 0 Å². The molecule has 3 aromatic rings. The van der Waals surface area contributed by atoms with E-state index in [1.165, 1.54) is 0 Å². The van der Waals surface area contributed by atoms with Crippen LogP contribution in [0.25, 0.3) is 0 Å². The van der Waals surface area contributed by atoms with Gasteiger partial charge in [-0.05, 0) is 41.5 Å². The molecule has 0 aliphatic heterocycles. The molecule has 0 fully saturated rings. The summed E-state index contributed by atoms with van der Waals surface area (Å²) in [5, 5.41) is 1.42. The fourth-order valence-electron chi connectivity index (χ4n) is 2.92. The van der Waals surface area contributed by atoms with Crippen molar-refractivity contribution in [3.63, 3.8) is 0 Å². The number of hydrogen-bond acceptors (Lipinski definition) is 2. The van der Waals surface area contributed by atoms with Crippen LogP contribution in [0.4, 0.5) is 0 Å². The van der Waals surface area contributed by atoms with Gasteiger partial charge in [0.05, 0.1) is 14.2 Å². The second-order valence-electron chi connectivity index (χ2n) is 5.64. The summed E-state index contributed by atoms with van der Waals surface area (Å²) in [5.41, 5.74) is 3.29. The minimum absolute atomic E-state index is 0.00427. The molecule has 0 aliphatic carbocycles. The van der Waals surface area contributed by atoms with Crippen LogP contribution in [0.3, 0.4) is 0 Å². The zero-order valence-electron chi connectivity index (χ0n) is 14.0. The van der Waals surface area contributed by atoms with E-state index in [9.17, 15) is 0 Å². The van der Waals surface area contributed by atoms with Gasteiger partial charge in [0, 0.05) is 27.6 Å². The Morgan fingerprint density at radius 1 is 0.680 bits per heavy atom. The van der Waals surface area contributed by atoms with Gasteiger partial charge in [-0.1, -0.05) is 53.5 Å². The van der Waals surface area contributed by atoms with Crippen molar-refractivity contribution in [2.75, 3.05) is 14.2 Å². The number of benzene rings is 3. The average Bonchev–Trinajstić information content (AvgIpc) is 2.65. The molecule has 0 saturated carbocycles. The molecule has 0 bridgehead atoms. The minimum atomic E-state index is -0.00427. The zero-order chi connectivity index (χ0) is 17.8. The van der Waals surface area contributed by atoms with E-state index in [4.69, 9.17) is 32.7 Å². The highest BCUT2D eigenvalue weighted by Gasteiger charge is 2.21. The number of hydrogen-bond donors (Lipinski definition) is 0. The van der Waals surface area contributed by atoms with E-state index >= 15 is 0 Å². The summed E-state index contributed by atoms with van der Waals surface area (Å²) < 4.78 is 10.9. The Morgan fingerprint density at radius 2 is 1.20 bits per heavy atom. The van der Waals surface area contributed by atoms with Crippen molar-refractivity contribution in [1.82, 2.24) is 0 Å². The third kappa shape index (κ3) is 3.92. The van der Waals surface area contributed by atoms with E-state index in [0.717, 1.165) is 28.2 Å². The Morgan fingerprint density at radius 3 is 1.64 bits per heavy atom. The molecule has 0 spiro atoms.